The molecule has 1 unspecified atom stereocenters. The molecule has 1 aromatic carbocycles. The highest BCUT2D eigenvalue weighted by Gasteiger charge is 2.00. The number of benzene rings is 1. The summed E-state index contributed by atoms with van der Waals surface area (Å²) in [5, 5.41) is 3.52. The van der Waals surface area contributed by atoms with Crippen LogP contribution in [0.25, 0.3) is 0 Å². The first-order valence-electron chi connectivity index (χ1n) is 7.71. The van der Waals surface area contributed by atoms with E-state index in [-0.39, 0.29) is 0 Å². The lowest BCUT2D eigenvalue weighted by Crippen LogP contribution is -2.26. The monoisotopic (exact) mass is 263 g/mol. The molecular weight excluding hydrogens is 234 g/mol. The van der Waals surface area contributed by atoms with E-state index in [1.165, 1.54) is 24.8 Å². The Bertz CT molecular complexity index is 338. The van der Waals surface area contributed by atoms with Gasteiger partial charge >= 0.3 is 0 Å². The maximum atomic E-state index is 5.79. The van der Waals surface area contributed by atoms with Gasteiger partial charge in [0.15, 0.2) is 0 Å². The van der Waals surface area contributed by atoms with Gasteiger partial charge in [0.25, 0.3) is 0 Å². The number of hydrogen-bond donors (Lipinski definition) is 1. The number of rotatable bonds is 10. The summed E-state index contributed by atoms with van der Waals surface area (Å²) in [4.78, 5) is 0. The van der Waals surface area contributed by atoms with Gasteiger partial charge in [0.1, 0.15) is 5.75 Å². The maximum Gasteiger partial charge on any atom is 0.119 e. The molecule has 0 fully saturated rings. The van der Waals surface area contributed by atoms with Crippen LogP contribution in [0, 0.1) is 0 Å². The lowest BCUT2D eigenvalue weighted by molar-refractivity contribution is 0.301. The normalized spacial score (nSPS) is 12.4. The van der Waals surface area contributed by atoms with Gasteiger partial charge in [-0.25, -0.2) is 0 Å². The van der Waals surface area contributed by atoms with Gasteiger partial charge in [-0.2, -0.15) is 0 Å². The molecule has 0 aliphatic carbocycles. The Balaban J connectivity index is 2.10. The van der Waals surface area contributed by atoms with Crippen LogP contribution < -0.4 is 10.1 Å². The quantitative estimate of drug-likeness (QED) is 0.639. The van der Waals surface area contributed by atoms with Crippen molar-refractivity contribution in [3.05, 3.63) is 29.8 Å². The summed E-state index contributed by atoms with van der Waals surface area (Å²) in [5.41, 5.74) is 1.34. The molecule has 0 radical (unpaired) electrons. The second-order valence-electron chi connectivity index (χ2n) is 5.20. The van der Waals surface area contributed by atoms with Crippen molar-refractivity contribution in [3.8, 4) is 5.75 Å². The molecule has 1 N–H and O–H groups in total. The molecule has 2 heteroatoms. The van der Waals surface area contributed by atoms with Crippen LogP contribution in [-0.4, -0.2) is 19.2 Å². The van der Waals surface area contributed by atoms with Crippen molar-refractivity contribution in [1.29, 1.82) is 0 Å². The van der Waals surface area contributed by atoms with E-state index in [2.05, 4.69) is 44.3 Å². The molecule has 0 amide bonds. The van der Waals surface area contributed by atoms with Gasteiger partial charge < -0.3 is 10.1 Å². The van der Waals surface area contributed by atoms with Crippen molar-refractivity contribution >= 4 is 0 Å². The molecule has 108 valence electrons. The Labute approximate surface area is 118 Å². The first kappa shape index (κ1) is 16.0. The van der Waals surface area contributed by atoms with Crippen LogP contribution in [0.2, 0.25) is 0 Å². The van der Waals surface area contributed by atoms with E-state index in [1.807, 2.05) is 6.07 Å². The third-order valence-corrected chi connectivity index (χ3v) is 3.35. The molecule has 0 bridgehead atoms. The van der Waals surface area contributed by atoms with Crippen LogP contribution in [0.5, 0.6) is 5.75 Å². The predicted molar refractivity (Wildman–Crippen MR) is 82.9 cm³/mol. The average Bonchev–Trinajstić information content (AvgIpc) is 2.45. The molecule has 0 heterocycles. The molecular formula is C17H29NO. The van der Waals surface area contributed by atoms with Gasteiger partial charge in [-0.1, -0.05) is 26.0 Å². The van der Waals surface area contributed by atoms with Crippen molar-refractivity contribution in [2.24, 2.45) is 0 Å². The van der Waals surface area contributed by atoms with Crippen LogP contribution in [0.3, 0.4) is 0 Å². The minimum absolute atomic E-state index is 0.628. The first-order valence-corrected chi connectivity index (χ1v) is 7.71. The zero-order valence-corrected chi connectivity index (χ0v) is 12.7. The Morgan fingerprint density at radius 3 is 2.79 bits per heavy atom. The predicted octanol–water partition coefficient (Wildman–Crippen LogP) is 4.19. The molecule has 0 aromatic heterocycles. The fraction of sp³-hybridized carbons (Fsp3) is 0.647. The van der Waals surface area contributed by atoms with Crippen molar-refractivity contribution in [3.63, 3.8) is 0 Å². The lowest BCUT2D eigenvalue weighted by Gasteiger charge is -2.13. The standard InChI is InChI=1S/C17H29NO/c1-4-12-18-15(3)9-6-7-13-19-17-11-8-10-16(5-2)14-17/h8,10-11,14-15,18H,4-7,9,12-13H2,1-3H3. The molecule has 1 aromatic rings. The van der Waals surface area contributed by atoms with E-state index in [0.717, 1.165) is 31.7 Å². The summed E-state index contributed by atoms with van der Waals surface area (Å²) in [7, 11) is 0. The average molecular weight is 263 g/mol. The summed E-state index contributed by atoms with van der Waals surface area (Å²) < 4.78 is 5.79. The molecule has 0 spiro atoms. The minimum atomic E-state index is 0.628. The van der Waals surface area contributed by atoms with Crippen LogP contribution in [-0.2, 0) is 6.42 Å². The van der Waals surface area contributed by atoms with E-state index < -0.39 is 0 Å². The Hall–Kier alpha value is -1.02. The molecule has 0 saturated carbocycles. The minimum Gasteiger partial charge on any atom is -0.494 e. The number of aryl methyl sites for hydroxylation is 1. The first-order chi connectivity index (χ1) is 9.26. The zero-order valence-electron chi connectivity index (χ0n) is 12.7. The lowest BCUT2D eigenvalue weighted by atomic mass is 10.1. The van der Waals surface area contributed by atoms with E-state index in [0.29, 0.717) is 6.04 Å². The molecule has 1 atom stereocenters. The Morgan fingerprint density at radius 1 is 1.21 bits per heavy atom. The van der Waals surface area contributed by atoms with Crippen molar-refractivity contribution in [2.75, 3.05) is 13.2 Å². The fourth-order valence-corrected chi connectivity index (χ4v) is 2.09. The van der Waals surface area contributed by atoms with Crippen molar-refractivity contribution < 1.29 is 4.74 Å². The van der Waals surface area contributed by atoms with E-state index in [1.54, 1.807) is 0 Å². The van der Waals surface area contributed by atoms with E-state index in [9.17, 15) is 0 Å². The van der Waals surface area contributed by atoms with Crippen LogP contribution >= 0.6 is 0 Å². The van der Waals surface area contributed by atoms with Crippen molar-refractivity contribution in [1.82, 2.24) is 5.32 Å². The summed E-state index contributed by atoms with van der Waals surface area (Å²) in [6, 6.07) is 9.04. The molecule has 0 aliphatic rings. The van der Waals surface area contributed by atoms with Gasteiger partial charge in [0.2, 0.25) is 0 Å². The highest BCUT2D eigenvalue weighted by atomic mass is 16.5. The van der Waals surface area contributed by atoms with Crippen LogP contribution in [0.4, 0.5) is 0 Å². The maximum absolute atomic E-state index is 5.79. The van der Waals surface area contributed by atoms with Crippen molar-refractivity contribution in [2.45, 2.75) is 58.9 Å². The van der Waals surface area contributed by atoms with Gasteiger partial charge in [-0.15, -0.1) is 0 Å². The largest absolute Gasteiger partial charge is 0.494 e. The Kier molecular flexibility index (Phi) is 8.31. The van der Waals surface area contributed by atoms with Gasteiger partial charge in [0, 0.05) is 6.04 Å². The summed E-state index contributed by atoms with van der Waals surface area (Å²) in [6.07, 6.45) is 5.87. The highest BCUT2D eigenvalue weighted by molar-refractivity contribution is 5.28. The highest BCUT2D eigenvalue weighted by Crippen LogP contribution is 2.14. The van der Waals surface area contributed by atoms with Gasteiger partial charge in [0.05, 0.1) is 6.61 Å². The molecule has 0 aliphatic heterocycles. The number of ether oxygens (including phenoxy) is 1. The third kappa shape index (κ3) is 7.22. The zero-order chi connectivity index (χ0) is 13.9. The fourth-order valence-electron chi connectivity index (χ4n) is 2.09. The van der Waals surface area contributed by atoms with E-state index in [4.69, 9.17) is 4.74 Å². The molecule has 1 rings (SSSR count). The number of hydrogen-bond acceptors (Lipinski definition) is 2. The SMILES string of the molecule is CCCNC(C)CCCCOc1cccc(CC)c1. The summed E-state index contributed by atoms with van der Waals surface area (Å²) in [5.74, 6) is 1.01. The van der Waals surface area contributed by atoms with Gasteiger partial charge in [-0.05, 0) is 63.3 Å². The molecule has 0 saturated heterocycles. The van der Waals surface area contributed by atoms with E-state index >= 15 is 0 Å². The molecule has 19 heavy (non-hydrogen) atoms. The summed E-state index contributed by atoms with van der Waals surface area (Å²) in [6.45, 7) is 8.60. The van der Waals surface area contributed by atoms with Crippen LogP contribution in [0.1, 0.15) is 52.0 Å². The molecule has 2 nitrogen and oxygen atoms in total. The topological polar surface area (TPSA) is 21.3 Å². The number of unbranched alkanes of at least 4 members (excludes halogenated alkanes) is 1. The second-order valence-corrected chi connectivity index (χ2v) is 5.20. The number of nitrogens with one attached hydrogen (secondary N) is 1. The summed E-state index contributed by atoms with van der Waals surface area (Å²) >= 11 is 0. The van der Waals surface area contributed by atoms with Crippen LogP contribution in [0.15, 0.2) is 24.3 Å². The third-order valence-electron chi connectivity index (χ3n) is 3.35. The second kappa shape index (κ2) is 9.85. The Morgan fingerprint density at radius 2 is 2.05 bits per heavy atom. The smallest absolute Gasteiger partial charge is 0.119 e. The van der Waals surface area contributed by atoms with Gasteiger partial charge in [-0.3, -0.25) is 0 Å².